The molecule has 0 amide bonds. The van der Waals surface area contributed by atoms with Crippen LogP contribution in [0.4, 0.5) is 0 Å². The van der Waals surface area contributed by atoms with Crippen molar-refractivity contribution in [2.45, 2.75) is 82.8 Å². The van der Waals surface area contributed by atoms with Crippen LogP contribution in [0.1, 0.15) is 65.2 Å². The van der Waals surface area contributed by atoms with Crippen molar-refractivity contribution in [3.8, 4) is 0 Å². The van der Waals surface area contributed by atoms with Gasteiger partial charge in [0.25, 0.3) is 0 Å². The number of hydrogen-bond donors (Lipinski definition) is 1. The van der Waals surface area contributed by atoms with Gasteiger partial charge in [-0.05, 0) is 39.0 Å². The number of hydrogen-bond acceptors (Lipinski definition) is 2. The molecule has 1 N–H and O–H groups in total. The van der Waals surface area contributed by atoms with Gasteiger partial charge in [0.05, 0.1) is 0 Å². The molecule has 3 aliphatic rings. The summed E-state index contributed by atoms with van der Waals surface area (Å²) in [6.45, 7) is 7.39. The highest BCUT2D eigenvalue weighted by molar-refractivity contribution is 5.00. The van der Waals surface area contributed by atoms with Gasteiger partial charge in [0.1, 0.15) is 0 Å². The van der Waals surface area contributed by atoms with Crippen molar-refractivity contribution in [2.24, 2.45) is 5.92 Å². The molecule has 1 aliphatic heterocycles. The minimum absolute atomic E-state index is 0.475. The predicted molar refractivity (Wildman–Crippen MR) is 76.8 cm³/mol. The summed E-state index contributed by atoms with van der Waals surface area (Å²) in [7, 11) is 0. The van der Waals surface area contributed by atoms with E-state index >= 15 is 0 Å². The quantitative estimate of drug-likeness (QED) is 0.827. The van der Waals surface area contributed by atoms with E-state index in [2.05, 4.69) is 24.1 Å². The van der Waals surface area contributed by atoms with Gasteiger partial charge in [0.15, 0.2) is 0 Å². The third kappa shape index (κ3) is 2.75. The van der Waals surface area contributed by atoms with Crippen LogP contribution in [-0.2, 0) is 0 Å². The second kappa shape index (κ2) is 5.13. The minimum Gasteiger partial charge on any atom is -0.308 e. The molecule has 0 bridgehead atoms. The van der Waals surface area contributed by atoms with E-state index in [1.165, 1.54) is 64.5 Å². The molecule has 2 atom stereocenters. The Bertz CT molecular complexity index is 279. The Morgan fingerprint density at radius 1 is 1.22 bits per heavy atom. The molecule has 3 rings (SSSR count). The first-order chi connectivity index (χ1) is 8.69. The Kier molecular flexibility index (Phi) is 3.68. The van der Waals surface area contributed by atoms with Crippen molar-refractivity contribution in [2.75, 3.05) is 13.1 Å². The Balaban J connectivity index is 1.63. The molecule has 18 heavy (non-hydrogen) atoms. The summed E-state index contributed by atoms with van der Waals surface area (Å²) in [5.41, 5.74) is 0.475. The summed E-state index contributed by atoms with van der Waals surface area (Å²) in [6.07, 6.45) is 11.6. The second-order valence-corrected chi connectivity index (χ2v) is 7.27. The largest absolute Gasteiger partial charge is 0.308 e. The maximum atomic E-state index is 3.90. The van der Waals surface area contributed by atoms with Gasteiger partial charge in [-0.25, -0.2) is 0 Å². The van der Waals surface area contributed by atoms with Crippen LogP contribution in [0.5, 0.6) is 0 Å². The van der Waals surface area contributed by atoms with E-state index in [0.29, 0.717) is 5.54 Å². The molecule has 0 aromatic rings. The molecule has 2 saturated carbocycles. The van der Waals surface area contributed by atoms with E-state index in [9.17, 15) is 0 Å². The number of rotatable bonds is 3. The van der Waals surface area contributed by atoms with Crippen LogP contribution in [0.3, 0.4) is 0 Å². The van der Waals surface area contributed by atoms with Crippen molar-refractivity contribution >= 4 is 0 Å². The van der Waals surface area contributed by atoms with Gasteiger partial charge >= 0.3 is 0 Å². The fourth-order valence-corrected chi connectivity index (χ4v) is 4.17. The lowest BCUT2D eigenvalue weighted by Gasteiger charge is -2.51. The van der Waals surface area contributed by atoms with Crippen molar-refractivity contribution in [3.05, 3.63) is 0 Å². The van der Waals surface area contributed by atoms with E-state index in [0.717, 1.165) is 18.0 Å². The monoisotopic (exact) mass is 250 g/mol. The highest BCUT2D eigenvalue weighted by Gasteiger charge is 2.40. The van der Waals surface area contributed by atoms with E-state index in [1.807, 2.05) is 0 Å². The first kappa shape index (κ1) is 12.9. The third-order valence-electron chi connectivity index (χ3n) is 5.57. The summed E-state index contributed by atoms with van der Waals surface area (Å²) in [5, 5.41) is 3.90. The number of piperazine rings is 1. The average Bonchev–Trinajstić information content (AvgIpc) is 3.18. The first-order valence-electron chi connectivity index (χ1n) is 8.19. The van der Waals surface area contributed by atoms with Crippen LogP contribution >= 0.6 is 0 Å². The van der Waals surface area contributed by atoms with Gasteiger partial charge in [0, 0.05) is 30.7 Å². The Hall–Kier alpha value is -0.0800. The SMILES string of the molecule is CC1CNC2(CCCCC2)CN1C(C)CC1CC1. The lowest BCUT2D eigenvalue weighted by molar-refractivity contribution is 0.0319. The molecule has 1 saturated heterocycles. The standard InChI is InChI=1S/C16H30N2/c1-13(10-15-6-7-15)18-12-16(17-11-14(18)2)8-4-3-5-9-16/h13-15,17H,3-12H2,1-2H3. The molecule has 2 aliphatic carbocycles. The maximum Gasteiger partial charge on any atom is 0.0309 e. The molecule has 3 fully saturated rings. The zero-order valence-electron chi connectivity index (χ0n) is 12.3. The molecule has 0 radical (unpaired) electrons. The van der Waals surface area contributed by atoms with E-state index in [-0.39, 0.29) is 0 Å². The second-order valence-electron chi connectivity index (χ2n) is 7.27. The van der Waals surface area contributed by atoms with Crippen molar-refractivity contribution in [1.29, 1.82) is 0 Å². The summed E-state index contributed by atoms with van der Waals surface area (Å²) < 4.78 is 0. The van der Waals surface area contributed by atoms with Gasteiger partial charge in [0.2, 0.25) is 0 Å². The van der Waals surface area contributed by atoms with Crippen molar-refractivity contribution in [3.63, 3.8) is 0 Å². The van der Waals surface area contributed by atoms with Crippen LogP contribution < -0.4 is 5.32 Å². The maximum absolute atomic E-state index is 3.90. The zero-order chi connectivity index (χ0) is 12.6. The zero-order valence-corrected chi connectivity index (χ0v) is 12.3. The van der Waals surface area contributed by atoms with Crippen molar-refractivity contribution < 1.29 is 0 Å². The highest BCUT2D eigenvalue weighted by atomic mass is 15.3. The summed E-state index contributed by atoms with van der Waals surface area (Å²) in [5.74, 6) is 1.06. The molecule has 0 aromatic heterocycles. The van der Waals surface area contributed by atoms with E-state index in [1.54, 1.807) is 0 Å². The average molecular weight is 250 g/mol. The fraction of sp³-hybridized carbons (Fsp3) is 1.00. The Morgan fingerprint density at radius 3 is 2.61 bits per heavy atom. The third-order valence-corrected chi connectivity index (χ3v) is 5.57. The van der Waals surface area contributed by atoms with Gasteiger partial charge < -0.3 is 5.32 Å². The fourth-order valence-electron chi connectivity index (χ4n) is 4.17. The van der Waals surface area contributed by atoms with Gasteiger partial charge in [-0.15, -0.1) is 0 Å². The molecule has 1 heterocycles. The lowest BCUT2D eigenvalue weighted by Crippen LogP contribution is -2.65. The topological polar surface area (TPSA) is 15.3 Å². The molecule has 1 spiro atoms. The Morgan fingerprint density at radius 2 is 1.94 bits per heavy atom. The number of nitrogens with one attached hydrogen (secondary N) is 1. The molecular weight excluding hydrogens is 220 g/mol. The van der Waals surface area contributed by atoms with Crippen LogP contribution in [0, 0.1) is 5.92 Å². The number of nitrogens with zero attached hydrogens (tertiary/aromatic N) is 1. The first-order valence-corrected chi connectivity index (χ1v) is 8.19. The van der Waals surface area contributed by atoms with E-state index in [4.69, 9.17) is 0 Å². The minimum atomic E-state index is 0.475. The van der Waals surface area contributed by atoms with Gasteiger partial charge in [-0.1, -0.05) is 32.1 Å². The molecular formula is C16H30N2. The van der Waals surface area contributed by atoms with E-state index < -0.39 is 0 Å². The van der Waals surface area contributed by atoms with Crippen LogP contribution in [0.2, 0.25) is 0 Å². The van der Waals surface area contributed by atoms with Crippen LogP contribution in [-0.4, -0.2) is 35.6 Å². The molecule has 2 nitrogen and oxygen atoms in total. The van der Waals surface area contributed by atoms with Gasteiger partial charge in [-0.3, -0.25) is 4.90 Å². The van der Waals surface area contributed by atoms with Crippen LogP contribution in [0.25, 0.3) is 0 Å². The summed E-state index contributed by atoms with van der Waals surface area (Å²) >= 11 is 0. The van der Waals surface area contributed by atoms with Crippen LogP contribution in [0.15, 0.2) is 0 Å². The molecule has 104 valence electrons. The lowest BCUT2D eigenvalue weighted by atomic mass is 9.79. The summed E-state index contributed by atoms with van der Waals surface area (Å²) in [6, 6.07) is 1.53. The predicted octanol–water partition coefficient (Wildman–Crippen LogP) is 3.17. The molecule has 0 aromatic carbocycles. The summed E-state index contributed by atoms with van der Waals surface area (Å²) in [4.78, 5) is 2.82. The molecule has 2 heteroatoms. The van der Waals surface area contributed by atoms with Gasteiger partial charge in [-0.2, -0.15) is 0 Å². The Labute approximate surface area is 113 Å². The van der Waals surface area contributed by atoms with Crippen molar-refractivity contribution in [1.82, 2.24) is 10.2 Å². The highest BCUT2D eigenvalue weighted by Crippen LogP contribution is 2.37. The normalized spacial score (nSPS) is 34.7. The molecule has 2 unspecified atom stereocenters. The smallest absolute Gasteiger partial charge is 0.0309 e.